The maximum absolute atomic E-state index is 9.47. The molecule has 0 amide bonds. The number of aliphatic imine (C=N–C) groups is 1. The molecule has 0 rings (SSSR count). The molecule has 0 saturated carbocycles. The van der Waals surface area contributed by atoms with Crippen LogP contribution >= 0.6 is 0 Å². The number of aliphatic carboxylic acids is 1. The fraction of sp³-hybridized carbons (Fsp3) is 0.333. The van der Waals surface area contributed by atoms with Crippen LogP contribution in [0.3, 0.4) is 0 Å². The monoisotopic (exact) mass is 87.0 g/mol. The summed E-state index contributed by atoms with van der Waals surface area (Å²) < 4.78 is 0. The van der Waals surface area contributed by atoms with Crippen molar-refractivity contribution in [3.63, 3.8) is 0 Å². The molecule has 0 heterocycles. The Bertz CT molecular complexity index is 69.2. The third-order valence-corrected chi connectivity index (χ3v) is 0.247. The van der Waals surface area contributed by atoms with Crippen molar-refractivity contribution in [1.29, 1.82) is 0 Å². The van der Waals surface area contributed by atoms with Gasteiger partial charge in [0.15, 0.2) is 0 Å². The maximum atomic E-state index is 9.47. The van der Waals surface area contributed by atoms with Gasteiger partial charge >= 0.3 is 5.97 Å². The second-order valence-corrected chi connectivity index (χ2v) is 0.775. The highest BCUT2D eigenvalue weighted by atomic mass is 16.4. The highest BCUT2D eigenvalue weighted by Crippen LogP contribution is 1.60. The highest BCUT2D eigenvalue weighted by molar-refractivity contribution is 5.69. The van der Waals surface area contributed by atoms with Crippen LogP contribution in [0.2, 0.25) is 0 Å². The normalized spacial score (nSPS) is 7.33. The molecular formula is C3H5NO2. The predicted octanol–water partition coefficient (Wildman–Crippen LogP) is -0.228. The SMILES string of the molecule is C=NCC(=O)O. The molecule has 6 heavy (non-hydrogen) atoms. The van der Waals surface area contributed by atoms with Crippen LogP contribution in [0.5, 0.6) is 0 Å². The second-order valence-electron chi connectivity index (χ2n) is 0.775. The van der Waals surface area contributed by atoms with Crippen LogP contribution < -0.4 is 0 Å². The van der Waals surface area contributed by atoms with Crippen molar-refractivity contribution < 1.29 is 9.90 Å². The summed E-state index contributed by atoms with van der Waals surface area (Å²) in [6, 6.07) is 0. The first kappa shape index (κ1) is 5.14. The number of carboxylic acid groups (broad SMARTS) is 1. The number of carboxylic acids is 1. The topological polar surface area (TPSA) is 49.7 Å². The van der Waals surface area contributed by atoms with Crippen molar-refractivity contribution in [2.45, 2.75) is 0 Å². The molecule has 0 saturated heterocycles. The largest absolute Gasteiger partial charge is 0.480 e. The smallest absolute Gasteiger partial charge is 0.325 e. The molecule has 1 N–H and O–H groups in total. The Labute approximate surface area is 35.3 Å². The molecule has 0 aliphatic rings. The van der Waals surface area contributed by atoms with E-state index in [1.807, 2.05) is 0 Å². The van der Waals surface area contributed by atoms with Crippen molar-refractivity contribution in [3.05, 3.63) is 0 Å². The van der Waals surface area contributed by atoms with Gasteiger partial charge in [0.1, 0.15) is 6.54 Å². The Hall–Kier alpha value is -0.860. The minimum Gasteiger partial charge on any atom is -0.480 e. The standard InChI is InChI=1S/C3H5NO2/c1-4-2-3(5)6/h1-2H2,(H,5,6). The molecule has 0 aliphatic carbocycles. The lowest BCUT2D eigenvalue weighted by Gasteiger charge is -1.75. The molecule has 0 aromatic rings. The van der Waals surface area contributed by atoms with Gasteiger partial charge in [-0.25, -0.2) is 0 Å². The van der Waals surface area contributed by atoms with E-state index in [0.29, 0.717) is 0 Å². The lowest BCUT2D eigenvalue weighted by molar-refractivity contribution is -0.135. The van der Waals surface area contributed by atoms with E-state index in [9.17, 15) is 4.79 Å². The van der Waals surface area contributed by atoms with Gasteiger partial charge in [-0.05, 0) is 6.72 Å². The van der Waals surface area contributed by atoms with E-state index in [2.05, 4.69) is 11.7 Å². The Balaban J connectivity index is 3.05. The fourth-order valence-corrected chi connectivity index (χ4v) is 0.0956. The van der Waals surface area contributed by atoms with Gasteiger partial charge in [0.05, 0.1) is 0 Å². The van der Waals surface area contributed by atoms with Gasteiger partial charge in [-0.3, -0.25) is 9.79 Å². The molecule has 0 aromatic heterocycles. The Morgan fingerprint density at radius 1 is 2.00 bits per heavy atom. The zero-order chi connectivity index (χ0) is 4.99. The van der Waals surface area contributed by atoms with Crippen LogP contribution in [0.1, 0.15) is 0 Å². The predicted molar refractivity (Wildman–Crippen MR) is 22.1 cm³/mol. The van der Waals surface area contributed by atoms with Gasteiger partial charge < -0.3 is 5.11 Å². The van der Waals surface area contributed by atoms with Crippen LogP contribution in [-0.2, 0) is 4.79 Å². The number of carbonyl (C=O) groups is 1. The summed E-state index contributed by atoms with van der Waals surface area (Å²) in [6.45, 7) is 2.78. The molecule has 0 aliphatic heterocycles. The van der Waals surface area contributed by atoms with Crippen molar-refractivity contribution in [2.24, 2.45) is 4.99 Å². The Morgan fingerprint density at radius 2 is 2.50 bits per heavy atom. The molecular weight excluding hydrogens is 82.0 g/mol. The fourth-order valence-electron chi connectivity index (χ4n) is 0.0956. The lowest BCUT2D eigenvalue weighted by Crippen LogP contribution is -1.97. The van der Waals surface area contributed by atoms with Gasteiger partial charge in [0.2, 0.25) is 0 Å². The summed E-state index contributed by atoms with van der Waals surface area (Å²) in [5.41, 5.74) is 0. The molecule has 0 radical (unpaired) electrons. The Kier molecular flexibility index (Phi) is 2.04. The summed E-state index contributed by atoms with van der Waals surface area (Å²) in [5.74, 6) is -0.940. The van der Waals surface area contributed by atoms with Crippen molar-refractivity contribution in [2.75, 3.05) is 6.54 Å². The maximum Gasteiger partial charge on any atom is 0.325 e. The average Bonchev–Trinajstić information content (AvgIpc) is 1.35. The first-order valence-electron chi connectivity index (χ1n) is 1.41. The molecule has 34 valence electrons. The quantitative estimate of drug-likeness (QED) is 0.473. The molecule has 0 aromatic carbocycles. The van der Waals surface area contributed by atoms with Gasteiger partial charge in [-0.15, -0.1) is 0 Å². The van der Waals surface area contributed by atoms with E-state index >= 15 is 0 Å². The summed E-state index contributed by atoms with van der Waals surface area (Å²) in [4.78, 5) is 12.6. The average molecular weight is 87.1 g/mol. The van der Waals surface area contributed by atoms with Crippen molar-refractivity contribution in [3.8, 4) is 0 Å². The summed E-state index contributed by atoms with van der Waals surface area (Å²) in [6.07, 6.45) is 0. The van der Waals surface area contributed by atoms with Crippen LogP contribution in [0, 0.1) is 0 Å². The van der Waals surface area contributed by atoms with E-state index in [1.165, 1.54) is 0 Å². The van der Waals surface area contributed by atoms with E-state index in [0.717, 1.165) is 0 Å². The van der Waals surface area contributed by atoms with Crippen LogP contribution in [-0.4, -0.2) is 24.3 Å². The van der Waals surface area contributed by atoms with E-state index in [4.69, 9.17) is 5.11 Å². The molecule has 0 fully saturated rings. The van der Waals surface area contributed by atoms with Gasteiger partial charge in [0.25, 0.3) is 0 Å². The first-order valence-corrected chi connectivity index (χ1v) is 1.41. The van der Waals surface area contributed by atoms with Crippen molar-refractivity contribution in [1.82, 2.24) is 0 Å². The Morgan fingerprint density at radius 3 is 2.50 bits per heavy atom. The summed E-state index contributed by atoms with van der Waals surface area (Å²) in [7, 11) is 0. The second kappa shape index (κ2) is 2.38. The summed E-state index contributed by atoms with van der Waals surface area (Å²) in [5, 5.41) is 7.78. The van der Waals surface area contributed by atoms with Gasteiger partial charge in [-0.2, -0.15) is 0 Å². The van der Waals surface area contributed by atoms with Crippen LogP contribution in [0.25, 0.3) is 0 Å². The number of hydrogen-bond donors (Lipinski definition) is 1. The van der Waals surface area contributed by atoms with E-state index in [1.54, 1.807) is 0 Å². The molecule has 0 spiro atoms. The minimum absolute atomic E-state index is 0.194. The number of hydrogen-bond acceptors (Lipinski definition) is 2. The minimum atomic E-state index is -0.940. The highest BCUT2D eigenvalue weighted by Gasteiger charge is 1.85. The third-order valence-electron chi connectivity index (χ3n) is 0.247. The number of nitrogens with zero attached hydrogens (tertiary/aromatic N) is 1. The van der Waals surface area contributed by atoms with Crippen molar-refractivity contribution >= 4 is 12.7 Å². The molecule has 0 bridgehead atoms. The molecule has 0 unspecified atom stereocenters. The molecule has 0 atom stereocenters. The van der Waals surface area contributed by atoms with Gasteiger partial charge in [-0.1, -0.05) is 0 Å². The molecule has 3 nitrogen and oxygen atoms in total. The third kappa shape index (κ3) is 3.14. The van der Waals surface area contributed by atoms with Crippen LogP contribution in [0.15, 0.2) is 4.99 Å². The zero-order valence-electron chi connectivity index (χ0n) is 3.22. The number of rotatable bonds is 2. The first-order chi connectivity index (χ1) is 2.77. The molecule has 3 heteroatoms. The van der Waals surface area contributed by atoms with E-state index in [-0.39, 0.29) is 6.54 Å². The zero-order valence-corrected chi connectivity index (χ0v) is 3.22. The van der Waals surface area contributed by atoms with Gasteiger partial charge in [0, 0.05) is 0 Å². The van der Waals surface area contributed by atoms with Crippen LogP contribution in [0.4, 0.5) is 0 Å². The van der Waals surface area contributed by atoms with E-state index < -0.39 is 5.97 Å². The lowest BCUT2D eigenvalue weighted by atomic mass is 10.7. The summed E-state index contributed by atoms with van der Waals surface area (Å²) >= 11 is 0.